The van der Waals surface area contributed by atoms with E-state index in [1.165, 1.54) is 25.7 Å². The molecule has 1 heterocycles. The lowest BCUT2D eigenvalue weighted by molar-refractivity contribution is -0.132. The van der Waals surface area contributed by atoms with Gasteiger partial charge in [-0.3, -0.25) is 4.79 Å². The Morgan fingerprint density at radius 2 is 1.91 bits per heavy atom. The summed E-state index contributed by atoms with van der Waals surface area (Å²) in [6.45, 7) is 1.75. The van der Waals surface area contributed by atoms with Crippen molar-refractivity contribution in [2.75, 3.05) is 18.4 Å². The summed E-state index contributed by atoms with van der Waals surface area (Å²) in [5, 5.41) is 4.29. The monoisotopic (exact) mass is 334 g/mol. The summed E-state index contributed by atoms with van der Waals surface area (Å²) in [6.07, 6.45) is 9.26. The molecule has 0 atom stereocenters. The molecule has 1 N–H and O–H groups in total. The van der Waals surface area contributed by atoms with E-state index >= 15 is 0 Å². The standard InChI is InChI=1S/C19H27ClN2O/c20-16-6-3-7-18(14-16)21-17-10-12-22(13-11-17)19(23)9-8-15-4-1-2-5-15/h3,6-7,14-15,17,21H,1-2,4-5,8-13H2. The SMILES string of the molecule is O=C(CCC1CCCC1)N1CCC(Nc2cccc(Cl)c2)CC1. The van der Waals surface area contributed by atoms with Crippen LogP contribution in [-0.2, 0) is 4.79 Å². The van der Waals surface area contributed by atoms with Crippen LogP contribution in [-0.4, -0.2) is 29.9 Å². The van der Waals surface area contributed by atoms with E-state index in [4.69, 9.17) is 11.6 Å². The molecule has 0 aromatic heterocycles. The predicted molar refractivity (Wildman–Crippen MR) is 95.9 cm³/mol. The van der Waals surface area contributed by atoms with Crippen LogP contribution in [0.15, 0.2) is 24.3 Å². The van der Waals surface area contributed by atoms with Crippen LogP contribution in [0.4, 0.5) is 5.69 Å². The minimum Gasteiger partial charge on any atom is -0.382 e. The second-order valence-electron chi connectivity index (χ2n) is 7.00. The maximum atomic E-state index is 12.4. The first-order chi connectivity index (χ1) is 11.2. The lowest BCUT2D eigenvalue weighted by Crippen LogP contribution is -2.42. The first-order valence-electron chi connectivity index (χ1n) is 9.00. The van der Waals surface area contributed by atoms with Gasteiger partial charge in [-0.25, -0.2) is 0 Å². The average molecular weight is 335 g/mol. The van der Waals surface area contributed by atoms with Gasteiger partial charge in [-0.05, 0) is 43.4 Å². The Balaban J connectivity index is 1.40. The van der Waals surface area contributed by atoms with Crippen molar-refractivity contribution in [2.24, 2.45) is 5.92 Å². The van der Waals surface area contributed by atoms with Gasteiger partial charge >= 0.3 is 0 Å². The average Bonchev–Trinajstić information content (AvgIpc) is 3.07. The van der Waals surface area contributed by atoms with Gasteiger partial charge in [0.15, 0.2) is 0 Å². The molecule has 0 bridgehead atoms. The van der Waals surface area contributed by atoms with Crippen molar-refractivity contribution in [1.82, 2.24) is 4.90 Å². The number of nitrogens with one attached hydrogen (secondary N) is 1. The molecule has 1 aromatic carbocycles. The highest BCUT2D eigenvalue weighted by Crippen LogP contribution is 2.29. The van der Waals surface area contributed by atoms with Gasteiger partial charge in [-0.1, -0.05) is 43.4 Å². The second kappa shape index (κ2) is 8.05. The van der Waals surface area contributed by atoms with Crippen LogP contribution in [0.5, 0.6) is 0 Å². The van der Waals surface area contributed by atoms with Gasteiger partial charge in [0, 0.05) is 36.3 Å². The molecule has 1 aliphatic carbocycles. The van der Waals surface area contributed by atoms with Gasteiger partial charge in [-0.2, -0.15) is 0 Å². The topological polar surface area (TPSA) is 32.3 Å². The third-order valence-corrected chi connectivity index (χ3v) is 5.52. The first kappa shape index (κ1) is 16.6. The summed E-state index contributed by atoms with van der Waals surface area (Å²) < 4.78 is 0. The Hall–Kier alpha value is -1.22. The summed E-state index contributed by atoms with van der Waals surface area (Å²) in [6, 6.07) is 8.29. The largest absolute Gasteiger partial charge is 0.382 e. The van der Waals surface area contributed by atoms with Crippen molar-refractivity contribution in [3.63, 3.8) is 0 Å². The smallest absolute Gasteiger partial charge is 0.222 e. The van der Waals surface area contributed by atoms with Crippen LogP contribution < -0.4 is 5.32 Å². The van der Waals surface area contributed by atoms with Gasteiger partial charge < -0.3 is 10.2 Å². The summed E-state index contributed by atoms with van der Waals surface area (Å²) in [7, 11) is 0. The fourth-order valence-corrected chi connectivity index (χ4v) is 4.06. The highest BCUT2D eigenvalue weighted by molar-refractivity contribution is 6.30. The third-order valence-electron chi connectivity index (χ3n) is 5.28. The zero-order valence-corrected chi connectivity index (χ0v) is 14.5. The van der Waals surface area contributed by atoms with Gasteiger partial charge in [0.25, 0.3) is 0 Å². The zero-order valence-electron chi connectivity index (χ0n) is 13.8. The van der Waals surface area contributed by atoms with E-state index in [2.05, 4.69) is 10.2 Å². The van der Waals surface area contributed by atoms with E-state index in [0.717, 1.165) is 55.4 Å². The second-order valence-corrected chi connectivity index (χ2v) is 7.44. The number of carbonyl (C=O) groups is 1. The van der Waals surface area contributed by atoms with E-state index in [9.17, 15) is 4.79 Å². The molecule has 1 amide bonds. The Morgan fingerprint density at radius 1 is 1.17 bits per heavy atom. The number of halogens is 1. The fraction of sp³-hybridized carbons (Fsp3) is 0.632. The maximum Gasteiger partial charge on any atom is 0.222 e. The van der Waals surface area contributed by atoms with Crippen molar-refractivity contribution in [2.45, 2.75) is 57.4 Å². The van der Waals surface area contributed by atoms with E-state index in [1.54, 1.807) is 0 Å². The number of rotatable bonds is 5. The van der Waals surface area contributed by atoms with Crippen molar-refractivity contribution in [3.05, 3.63) is 29.3 Å². The molecule has 1 aliphatic heterocycles. The molecular formula is C19H27ClN2O. The van der Waals surface area contributed by atoms with Crippen molar-refractivity contribution in [1.29, 1.82) is 0 Å². The number of hydrogen-bond donors (Lipinski definition) is 1. The molecule has 3 nitrogen and oxygen atoms in total. The number of likely N-dealkylation sites (tertiary alicyclic amines) is 1. The number of benzene rings is 1. The molecule has 3 rings (SSSR count). The molecule has 1 saturated carbocycles. The van der Waals surface area contributed by atoms with Crippen LogP contribution in [0.25, 0.3) is 0 Å². The van der Waals surface area contributed by atoms with Crippen LogP contribution >= 0.6 is 11.6 Å². The molecule has 126 valence electrons. The Bertz CT molecular complexity index is 520. The quantitative estimate of drug-likeness (QED) is 0.845. The number of anilines is 1. The summed E-state index contributed by atoms with van der Waals surface area (Å²) in [5.74, 6) is 1.17. The Morgan fingerprint density at radius 3 is 2.61 bits per heavy atom. The number of piperidine rings is 1. The summed E-state index contributed by atoms with van der Waals surface area (Å²) in [4.78, 5) is 14.4. The molecule has 2 aliphatic rings. The molecule has 0 spiro atoms. The van der Waals surface area contributed by atoms with Crippen LogP contribution in [0.1, 0.15) is 51.4 Å². The van der Waals surface area contributed by atoms with E-state index in [1.807, 2.05) is 24.3 Å². The highest BCUT2D eigenvalue weighted by atomic mass is 35.5. The Labute approximate surface area is 144 Å². The van der Waals surface area contributed by atoms with Crippen LogP contribution in [0, 0.1) is 5.92 Å². The molecule has 0 unspecified atom stereocenters. The normalized spacial score (nSPS) is 20.0. The molecule has 0 radical (unpaired) electrons. The number of amides is 1. The highest BCUT2D eigenvalue weighted by Gasteiger charge is 2.24. The number of nitrogens with zero attached hydrogens (tertiary/aromatic N) is 1. The van der Waals surface area contributed by atoms with Crippen molar-refractivity contribution >= 4 is 23.2 Å². The van der Waals surface area contributed by atoms with Gasteiger partial charge in [-0.15, -0.1) is 0 Å². The summed E-state index contributed by atoms with van der Waals surface area (Å²) >= 11 is 6.02. The fourth-order valence-electron chi connectivity index (χ4n) is 3.87. The number of carbonyl (C=O) groups excluding carboxylic acids is 1. The molecular weight excluding hydrogens is 308 g/mol. The lowest BCUT2D eigenvalue weighted by atomic mass is 10.00. The molecule has 2 fully saturated rings. The van der Waals surface area contributed by atoms with E-state index in [0.29, 0.717) is 11.9 Å². The molecule has 4 heteroatoms. The van der Waals surface area contributed by atoms with E-state index in [-0.39, 0.29) is 0 Å². The van der Waals surface area contributed by atoms with Crippen LogP contribution in [0.2, 0.25) is 5.02 Å². The van der Waals surface area contributed by atoms with Gasteiger partial charge in [0.1, 0.15) is 0 Å². The molecule has 1 aromatic rings. The first-order valence-corrected chi connectivity index (χ1v) is 9.38. The van der Waals surface area contributed by atoms with Crippen molar-refractivity contribution in [3.8, 4) is 0 Å². The van der Waals surface area contributed by atoms with E-state index < -0.39 is 0 Å². The van der Waals surface area contributed by atoms with Gasteiger partial charge in [0.2, 0.25) is 5.91 Å². The Kier molecular flexibility index (Phi) is 5.82. The molecule has 1 saturated heterocycles. The molecule has 23 heavy (non-hydrogen) atoms. The predicted octanol–water partition coefficient (Wildman–Crippen LogP) is 4.71. The summed E-state index contributed by atoms with van der Waals surface area (Å²) in [5.41, 5.74) is 1.07. The lowest BCUT2D eigenvalue weighted by Gasteiger charge is -2.33. The number of hydrogen-bond acceptors (Lipinski definition) is 2. The van der Waals surface area contributed by atoms with Crippen LogP contribution in [0.3, 0.4) is 0 Å². The minimum atomic E-state index is 0.359. The van der Waals surface area contributed by atoms with Crippen molar-refractivity contribution < 1.29 is 4.79 Å². The van der Waals surface area contributed by atoms with Gasteiger partial charge in [0.05, 0.1) is 0 Å². The third kappa shape index (κ3) is 4.87. The minimum absolute atomic E-state index is 0.359. The zero-order chi connectivity index (χ0) is 16.1. The maximum absolute atomic E-state index is 12.4.